The molecular weight excluding hydrogens is 271 g/mol. The zero-order valence-electron chi connectivity index (χ0n) is 8.02. The van der Waals surface area contributed by atoms with Crippen LogP contribution in [0.3, 0.4) is 0 Å². The van der Waals surface area contributed by atoms with Gasteiger partial charge in [0.2, 0.25) is 0 Å². The zero-order valence-corrected chi connectivity index (χ0v) is 8.02. The van der Waals surface area contributed by atoms with E-state index in [4.69, 9.17) is 0 Å². The molecule has 0 unspecified atom stereocenters. The van der Waals surface area contributed by atoms with Crippen molar-refractivity contribution >= 4 is 5.78 Å². The number of rotatable bonds is 3. The van der Waals surface area contributed by atoms with Gasteiger partial charge >= 0.3 is 18.3 Å². The van der Waals surface area contributed by atoms with Crippen molar-refractivity contribution in [2.24, 2.45) is 0 Å². The average Bonchev–Trinajstić information content (AvgIpc) is 1.97. The normalized spacial score (nSPS) is 17.8. The molecule has 1 nitrogen and oxygen atoms in total. The van der Waals surface area contributed by atoms with E-state index in [0.717, 1.165) is 0 Å². The summed E-state index contributed by atoms with van der Waals surface area (Å²) in [5.74, 6) is -8.49. The van der Waals surface area contributed by atoms with E-state index in [-0.39, 0.29) is 6.92 Å². The molecule has 0 rings (SSSR count). The fourth-order valence-corrected chi connectivity index (χ4v) is 0.957. The molecule has 0 aliphatic carbocycles. The third kappa shape index (κ3) is 2.65. The van der Waals surface area contributed by atoms with Gasteiger partial charge < -0.3 is 0 Å². The molecule has 0 fully saturated rings. The molecule has 0 aromatic carbocycles. The lowest BCUT2D eigenvalue weighted by Crippen LogP contribution is -2.62. The van der Waals surface area contributed by atoms with Gasteiger partial charge in [-0.05, 0) is 6.92 Å². The van der Waals surface area contributed by atoms with E-state index in [9.17, 15) is 44.3 Å². The van der Waals surface area contributed by atoms with Gasteiger partial charge in [-0.1, -0.05) is 0 Å². The van der Waals surface area contributed by atoms with Crippen LogP contribution in [0.25, 0.3) is 0 Å². The number of carbonyl (C=O) groups is 1. The van der Waals surface area contributed by atoms with E-state index in [2.05, 4.69) is 0 Å². The van der Waals surface area contributed by atoms with Gasteiger partial charge in [0.05, 0.1) is 6.42 Å². The van der Waals surface area contributed by atoms with Gasteiger partial charge in [-0.15, -0.1) is 0 Å². The summed E-state index contributed by atoms with van der Waals surface area (Å²) in [6, 6.07) is 0. The van der Waals surface area contributed by atoms with Gasteiger partial charge in [-0.2, -0.15) is 35.1 Å². The summed E-state index contributed by atoms with van der Waals surface area (Å²) in [5.41, 5.74) is -5.97. The van der Waals surface area contributed by atoms with E-state index in [1.807, 2.05) is 0 Å². The first-order valence-corrected chi connectivity index (χ1v) is 3.86. The van der Waals surface area contributed by atoms with Crippen molar-refractivity contribution in [2.45, 2.75) is 37.3 Å². The van der Waals surface area contributed by atoms with Crippen LogP contribution in [0.1, 0.15) is 13.3 Å². The highest BCUT2D eigenvalue weighted by molar-refractivity contribution is 5.77. The molecule has 0 amide bonds. The molecule has 1 atom stereocenters. The van der Waals surface area contributed by atoms with Crippen molar-refractivity contribution in [2.75, 3.05) is 0 Å². The van der Waals surface area contributed by atoms with Crippen LogP contribution < -0.4 is 0 Å². The number of hydrogen-bond donors (Lipinski definition) is 0. The molecular formula is C7H5F9O. The third-order valence-corrected chi connectivity index (χ3v) is 1.80. The molecule has 0 heterocycles. The molecule has 0 saturated carbocycles. The van der Waals surface area contributed by atoms with E-state index < -0.39 is 36.1 Å². The summed E-state index contributed by atoms with van der Waals surface area (Å²) in [7, 11) is 0. The minimum Gasteiger partial charge on any atom is -0.300 e. The van der Waals surface area contributed by atoms with Crippen LogP contribution in [0.5, 0.6) is 0 Å². The monoisotopic (exact) mass is 276 g/mol. The van der Waals surface area contributed by atoms with E-state index in [1.54, 1.807) is 0 Å². The van der Waals surface area contributed by atoms with Crippen molar-refractivity contribution in [1.29, 1.82) is 0 Å². The number of hydrogen-bond acceptors (Lipinski definition) is 1. The molecule has 0 aromatic heterocycles. The lowest BCUT2D eigenvalue weighted by atomic mass is 9.90. The highest BCUT2D eigenvalue weighted by Crippen LogP contribution is 2.54. The van der Waals surface area contributed by atoms with Crippen molar-refractivity contribution in [3.63, 3.8) is 0 Å². The second-order valence-corrected chi connectivity index (χ2v) is 3.25. The minimum absolute atomic E-state index is 0.270. The number of halogens is 9. The summed E-state index contributed by atoms with van der Waals surface area (Å²) >= 11 is 0. The third-order valence-electron chi connectivity index (χ3n) is 1.80. The molecule has 10 heteroatoms. The Bertz CT molecular complexity index is 301. The maximum Gasteiger partial charge on any atom is 0.457 e. The van der Waals surface area contributed by atoms with Gasteiger partial charge in [0.25, 0.3) is 5.67 Å². The summed E-state index contributed by atoms with van der Waals surface area (Å²) in [6.45, 7) is 0.270. The number of carbonyl (C=O) groups excluding carboxylic acids is 1. The number of alkyl halides is 9. The Labute approximate surface area is 88.6 Å². The van der Waals surface area contributed by atoms with Crippen molar-refractivity contribution in [3.05, 3.63) is 0 Å². The van der Waals surface area contributed by atoms with Gasteiger partial charge in [0.1, 0.15) is 5.78 Å². The van der Waals surface area contributed by atoms with Gasteiger partial charge in [0.15, 0.2) is 0 Å². The molecule has 0 aliphatic heterocycles. The molecule has 0 aromatic rings. The van der Waals surface area contributed by atoms with Crippen LogP contribution >= 0.6 is 0 Å². The minimum atomic E-state index is -6.76. The topological polar surface area (TPSA) is 17.1 Å². The average molecular weight is 276 g/mol. The Balaban J connectivity index is 5.73. The highest BCUT2D eigenvalue weighted by Gasteiger charge is 2.81. The zero-order chi connectivity index (χ0) is 14.3. The predicted octanol–water partition coefficient (Wildman–Crippen LogP) is 3.43. The SMILES string of the molecule is CC(=O)C[C@](F)(C(F)(F)F)C(F)(F)C(F)(F)F. The Morgan fingerprint density at radius 3 is 1.35 bits per heavy atom. The van der Waals surface area contributed by atoms with Gasteiger partial charge in [-0.3, -0.25) is 4.79 Å². The second-order valence-electron chi connectivity index (χ2n) is 3.25. The molecule has 17 heavy (non-hydrogen) atoms. The summed E-state index contributed by atoms with van der Waals surface area (Å²) in [5, 5.41) is 0. The Hall–Kier alpha value is -0.960. The first kappa shape index (κ1) is 16.0. The quantitative estimate of drug-likeness (QED) is 0.722. The van der Waals surface area contributed by atoms with Crippen molar-refractivity contribution < 1.29 is 44.3 Å². The summed E-state index contributed by atoms with van der Waals surface area (Å²) in [6.07, 6.45) is -15.9. The molecule has 102 valence electrons. The first-order valence-electron chi connectivity index (χ1n) is 3.86. The predicted molar refractivity (Wildman–Crippen MR) is 36.2 cm³/mol. The molecule has 0 bridgehead atoms. The van der Waals surface area contributed by atoms with Crippen LogP contribution in [0.4, 0.5) is 39.5 Å². The Morgan fingerprint density at radius 1 is 0.824 bits per heavy atom. The number of Topliss-reactive ketones (excluding diaryl/α,β-unsaturated/α-hetero) is 1. The number of ketones is 1. The maximum atomic E-state index is 13.0. The van der Waals surface area contributed by atoms with Crippen LogP contribution in [-0.2, 0) is 4.79 Å². The van der Waals surface area contributed by atoms with Gasteiger partial charge in [0, 0.05) is 0 Å². The first-order chi connectivity index (χ1) is 7.17. The molecule has 0 radical (unpaired) electrons. The largest absolute Gasteiger partial charge is 0.457 e. The standard InChI is InChI=1S/C7H5F9O/c1-3(17)2-4(8,6(11,12)13)5(9,10)7(14,15)16/h2H2,1H3/t4-/m1/s1. The van der Waals surface area contributed by atoms with Crippen molar-refractivity contribution in [1.82, 2.24) is 0 Å². The van der Waals surface area contributed by atoms with Crippen LogP contribution in [0, 0.1) is 0 Å². The molecule has 0 N–H and O–H groups in total. The van der Waals surface area contributed by atoms with Crippen LogP contribution in [0.15, 0.2) is 0 Å². The van der Waals surface area contributed by atoms with Crippen molar-refractivity contribution in [3.8, 4) is 0 Å². The molecule has 0 saturated heterocycles. The van der Waals surface area contributed by atoms with Crippen LogP contribution in [0.2, 0.25) is 0 Å². The van der Waals surface area contributed by atoms with Gasteiger partial charge in [-0.25, -0.2) is 4.39 Å². The summed E-state index contributed by atoms with van der Waals surface area (Å²) in [4.78, 5) is 10.2. The highest BCUT2D eigenvalue weighted by atomic mass is 19.4. The fraction of sp³-hybridized carbons (Fsp3) is 0.857. The Kier molecular flexibility index (Phi) is 3.83. The summed E-state index contributed by atoms with van der Waals surface area (Å²) < 4.78 is 109. The van der Waals surface area contributed by atoms with E-state index >= 15 is 0 Å². The lowest BCUT2D eigenvalue weighted by molar-refractivity contribution is -0.382. The fourth-order valence-electron chi connectivity index (χ4n) is 0.957. The molecule has 0 aliphatic rings. The Morgan fingerprint density at radius 2 is 1.18 bits per heavy atom. The van der Waals surface area contributed by atoms with E-state index in [0.29, 0.717) is 0 Å². The lowest BCUT2D eigenvalue weighted by Gasteiger charge is -2.35. The van der Waals surface area contributed by atoms with E-state index in [1.165, 1.54) is 0 Å². The maximum absolute atomic E-state index is 13.0. The smallest absolute Gasteiger partial charge is 0.300 e. The second kappa shape index (κ2) is 4.05. The molecule has 0 spiro atoms. The van der Waals surface area contributed by atoms with Crippen LogP contribution in [-0.4, -0.2) is 29.7 Å².